The molecule has 0 saturated carbocycles. The number of methoxy groups -OCH3 is 1. The van der Waals surface area contributed by atoms with Crippen molar-refractivity contribution in [2.24, 2.45) is 0 Å². The first-order valence-corrected chi connectivity index (χ1v) is 11.2. The largest absolute Gasteiger partial charge is 0.495 e. The topological polar surface area (TPSA) is 68.5 Å². The van der Waals surface area contributed by atoms with Gasteiger partial charge in [0, 0.05) is 5.69 Å². The van der Waals surface area contributed by atoms with Crippen molar-refractivity contribution >= 4 is 62.0 Å². The highest BCUT2D eigenvalue weighted by atomic mass is 35.5. The van der Waals surface area contributed by atoms with Crippen molar-refractivity contribution in [3.8, 4) is 5.75 Å². The highest BCUT2D eigenvalue weighted by Gasteiger charge is 2.22. The summed E-state index contributed by atoms with van der Waals surface area (Å²) in [6.45, 7) is 3.91. The Hall–Kier alpha value is -2.29. The van der Waals surface area contributed by atoms with Crippen LogP contribution < -0.4 is 10.1 Å². The van der Waals surface area contributed by atoms with Crippen molar-refractivity contribution in [1.82, 2.24) is 14.6 Å². The molecule has 0 aliphatic carbocycles. The van der Waals surface area contributed by atoms with Crippen LogP contribution in [0, 0.1) is 6.92 Å². The summed E-state index contributed by atoms with van der Waals surface area (Å²) < 4.78 is 8.42. The zero-order chi connectivity index (χ0) is 20.5. The molecule has 29 heavy (non-hydrogen) atoms. The van der Waals surface area contributed by atoms with Gasteiger partial charge in [-0.3, -0.25) is 9.20 Å². The molecule has 3 heterocycles. The number of amides is 1. The summed E-state index contributed by atoms with van der Waals surface area (Å²) in [6.07, 6.45) is 0.650. The SMILES string of the molecule is CC[C@H](Sc1nnc(C)n2c1cc1sccc12)C(=O)Nc1ccc(OC)c(Cl)c1. The van der Waals surface area contributed by atoms with Gasteiger partial charge in [-0.25, -0.2) is 0 Å². The van der Waals surface area contributed by atoms with Crippen molar-refractivity contribution in [1.29, 1.82) is 0 Å². The fraction of sp³-hybridized carbons (Fsp3) is 0.250. The van der Waals surface area contributed by atoms with E-state index in [1.54, 1.807) is 36.6 Å². The zero-order valence-electron chi connectivity index (χ0n) is 16.1. The van der Waals surface area contributed by atoms with Gasteiger partial charge in [0.05, 0.1) is 33.1 Å². The van der Waals surface area contributed by atoms with Gasteiger partial charge in [-0.2, -0.15) is 0 Å². The van der Waals surface area contributed by atoms with Crippen LogP contribution in [0.25, 0.3) is 15.7 Å². The lowest BCUT2D eigenvalue weighted by atomic mass is 10.2. The second kappa shape index (κ2) is 8.22. The predicted octanol–water partition coefficient (Wildman–Crippen LogP) is 5.42. The number of thiophene rings is 1. The normalized spacial score (nSPS) is 12.4. The number of rotatable bonds is 6. The molecule has 1 N–H and O–H groups in total. The molecule has 0 fully saturated rings. The number of benzene rings is 1. The maximum absolute atomic E-state index is 12.9. The van der Waals surface area contributed by atoms with Crippen LogP contribution >= 0.6 is 34.7 Å². The van der Waals surface area contributed by atoms with E-state index in [4.69, 9.17) is 16.3 Å². The molecule has 0 radical (unpaired) electrons. The lowest BCUT2D eigenvalue weighted by Gasteiger charge is -2.15. The summed E-state index contributed by atoms with van der Waals surface area (Å²) in [5, 5.41) is 14.6. The van der Waals surface area contributed by atoms with Crippen molar-refractivity contribution < 1.29 is 9.53 Å². The number of aryl methyl sites for hydroxylation is 1. The van der Waals surface area contributed by atoms with Crippen molar-refractivity contribution in [2.75, 3.05) is 12.4 Å². The highest BCUT2D eigenvalue weighted by molar-refractivity contribution is 8.00. The molecule has 4 aromatic rings. The molecule has 0 bridgehead atoms. The Kier molecular flexibility index (Phi) is 5.67. The van der Waals surface area contributed by atoms with Gasteiger partial charge in [-0.1, -0.05) is 30.3 Å². The van der Waals surface area contributed by atoms with Crippen LogP contribution in [0.15, 0.2) is 40.7 Å². The van der Waals surface area contributed by atoms with Gasteiger partial charge in [0.15, 0.2) is 0 Å². The maximum atomic E-state index is 12.9. The Morgan fingerprint density at radius 2 is 2.14 bits per heavy atom. The van der Waals surface area contributed by atoms with E-state index in [9.17, 15) is 4.79 Å². The van der Waals surface area contributed by atoms with Crippen LogP contribution in [0.4, 0.5) is 5.69 Å². The number of carbonyl (C=O) groups excluding carboxylic acids is 1. The van der Waals surface area contributed by atoms with Gasteiger partial charge < -0.3 is 10.1 Å². The Morgan fingerprint density at radius 3 is 2.86 bits per heavy atom. The van der Waals surface area contributed by atoms with Crippen LogP contribution in [0.2, 0.25) is 5.02 Å². The number of aromatic nitrogens is 3. The van der Waals surface area contributed by atoms with Crippen LogP contribution in [0.3, 0.4) is 0 Å². The van der Waals surface area contributed by atoms with E-state index >= 15 is 0 Å². The number of halogens is 1. The van der Waals surface area contributed by atoms with Gasteiger partial charge in [0.2, 0.25) is 5.91 Å². The first kappa shape index (κ1) is 20.0. The number of thioether (sulfide) groups is 1. The van der Waals surface area contributed by atoms with E-state index in [-0.39, 0.29) is 11.2 Å². The minimum atomic E-state index is -0.315. The number of nitrogens with zero attached hydrogens (tertiary/aromatic N) is 3. The van der Waals surface area contributed by atoms with Gasteiger partial charge >= 0.3 is 0 Å². The fourth-order valence-corrected chi connectivity index (χ4v) is 5.18. The van der Waals surface area contributed by atoms with Crippen LogP contribution in [0.5, 0.6) is 5.75 Å². The quantitative estimate of drug-likeness (QED) is 0.400. The molecule has 0 aliphatic heterocycles. The molecule has 9 heteroatoms. The van der Waals surface area contributed by atoms with Crippen LogP contribution in [-0.4, -0.2) is 32.9 Å². The third-order valence-corrected chi connectivity index (χ3v) is 7.08. The molecule has 150 valence electrons. The Labute approximate surface area is 181 Å². The van der Waals surface area contributed by atoms with Crippen molar-refractivity contribution in [3.05, 3.63) is 46.6 Å². The second-order valence-electron chi connectivity index (χ2n) is 6.44. The molecule has 1 atom stereocenters. The average Bonchev–Trinajstić information content (AvgIpc) is 3.29. The molecule has 4 rings (SSSR count). The molecule has 0 spiro atoms. The van der Waals surface area contributed by atoms with Crippen LogP contribution in [0.1, 0.15) is 19.2 Å². The van der Waals surface area contributed by atoms with Gasteiger partial charge in [-0.05, 0) is 49.1 Å². The standard InChI is InChI=1S/C20H19ClN4O2S2/c1-4-17(19(26)22-12-5-6-16(27-3)13(21)9-12)29-20-15-10-18-14(7-8-28-18)25(15)11(2)23-24-20/h5-10,17H,4H2,1-3H3,(H,22,26)/t17-/m0/s1. The summed E-state index contributed by atoms with van der Waals surface area (Å²) in [4.78, 5) is 12.9. The Bertz CT molecular complexity index is 1200. The lowest BCUT2D eigenvalue weighted by Crippen LogP contribution is -2.24. The molecule has 0 aliphatic rings. The van der Waals surface area contributed by atoms with E-state index in [0.29, 0.717) is 22.9 Å². The Morgan fingerprint density at radius 1 is 1.31 bits per heavy atom. The van der Waals surface area contributed by atoms with E-state index in [0.717, 1.165) is 21.9 Å². The van der Waals surface area contributed by atoms with E-state index in [2.05, 4.69) is 37.4 Å². The molecule has 3 aromatic heterocycles. The highest BCUT2D eigenvalue weighted by Crippen LogP contribution is 2.34. The first-order valence-electron chi connectivity index (χ1n) is 9.04. The number of carbonyl (C=O) groups is 1. The van der Waals surface area contributed by atoms with Crippen LogP contribution in [-0.2, 0) is 4.79 Å². The maximum Gasteiger partial charge on any atom is 0.237 e. The number of anilines is 1. The lowest BCUT2D eigenvalue weighted by molar-refractivity contribution is -0.115. The minimum absolute atomic E-state index is 0.104. The zero-order valence-corrected chi connectivity index (χ0v) is 18.5. The number of fused-ring (bicyclic) bond motifs is 3. The predicted molar refractivity (Wildman–Crippen MR) is 120 cm³/mol. The Balaban J connectivity index is 1.59. The summed E-state index contributed by atoms with van der Waals surface area (Å²) in [7, 11) is 1.55. The molecular weight excluding hydrogens is 428 g/mol. The van der Waals surface area contributed by atoms with Gasteiger partial charge in [0.1, 0.15) is 16.6 Å². The molecule has 0 saturated heterocycles. The first-order chi connectivity index (χ1) is 14.0. The summed E-state index contributed by atoms with van der Waals surface area (Å²) in [5.74, 6) is 1.28. The number of ether oxygens (including phenoxy) is 1. The second-order valence-corrected chi connectivity index (χ2v) is 8.99. The monoisotopic (exact) mass is 446 g/mol. The molecule has 1 amide bonds. The minimum Gasteiger partial charge on any atom is -0.495 e. The third-order valence-electron chi connectivity index (χ3n) is 4.59. The van der Waals surface area contributed by atoms with Gasteiger partial charge in [-0.15, -0.1) is 21.5 Å². The number of nitrogens with one attached hydrogen (secondary N) is 1. The molecular formula is C20H19ClN4O2S2. The molecule has 6 nitrogen and oxygen atoms in total. The number of hydrogen-bond donors (Lipinski definition) is 1. The summed E-state index contributed by atoms with van der Waals surface area (Å²) in [5.41, 5.74) is 2.72. The van der Waals surface area contributed by atoms with E-state index < -0.39 is 0 Å². The van der Waals surface area contributed by atoms with Gasteiger partial charge in [0.25, 0.3) is 0 Å². The van der Waals surface area contributed by atoms with Crippen molar-refractivity contribution in [2.45, 2.75) is 30.5 Å². The van der Waals surface area contributed by atoms with E-state index in [1.165, 1.54) is 16.5 Å². The summed E-state index contributed by atoms with van der Waals surface area (Å²) >= 11 is 9.27. The third kappa shape index (κ3) is 3.80. The average molecular weight is 447 g/mol. The van der Waals surface area contributed by atoms with Crippen molar-refractivity contribution in [3.63, 3.8) is 0 Å². The fourth-order valence-electron chi connectivity index (χ4n) is 3.15. The summed E-state index contributed by atoms with van der Waals surface area (Å²) in [6, 6.07) is 9.37. The smallest absolute Gasteiger partial charge is 0.237 e. The molecule has 0 unspecified atom stereocenters. The number of hydrogen-bond acceptors (Lipinski definition) is 6. The van der Waals surface area contributed by atoms with E-state index in [1.807, 2.05) is 13.8 Å². The molecule has 1 aromatic carbocycles.